The number of phenols is 1. The molecule has 6 heteroatoms. The van der Waals surface area contributed by atoms with E-state index in [2.05, 4.69) is 15.3 Å². The standard InChI is InChI=1S/C18H19N3O2S/c1-11-7-8-13(9-16(11)22)19-17(23)10-24-12(2)18-20-14-5-3-4-6-15(14)21-18/h3-9,12,22H,10H2,1-2H3,(H,19,23)(H,20,21)/t12-/m1/s1. The van der Waals surface area contributed by atoms with Crippen LogP contribution in [0.25, 0.3) is 11.0 Å². The number of aromatic hydroxyl groups is 1. The number of nitrogens with zero attached hydrogens (tertiary/aromatic N) is 1. The molecule has 1 heterocycles. The minimum Gasteiger partial charge on any atom is -0.508 e. The molecule has 0 spiro atoms. The lowest BCUT2D eigenvalue weighted by atomic mass is 10.2. The quantitative estimate of drug-likeness (QED) is 0.655. The van der Waals surface area contributed by atoms with Crippen LogP contribution in [0.4, 0.5) is 5.69 Å². The normalized spacial score (nSPS) is 12.2. The smallest absolute Gasteiger partial charge is 0.234 e. The molecule has 0 saturated heterocycles. The molecule has 3 N–H and O–H groups in total. The number of carbonyl (C=O) groups is 1. The van der Waals surface area contributed by atoms with Crippen LogP contribution in [0.5, 0.6) is 5.75 Å². The second-order valence-corrected chi connectivity index (χ2v) is 6.97. The number of hydrogen-bond acceptors (Lipinski definition) is 4. The lowest BCUT2D eigenvalue weighted by Gasteiger charge is -2.09. The molecule has 124 valence electrons. The zero-order valence-electron chi connectivity index (χ0n) is 13.5. The Hall–Kier alpha value is -2.47. The molecule has 2 aromatic carbocycles. The Labute approximate surface area is 144 Å². The number of carbonyl (C=O) groups excluding carboxylic acids is 1. The van der Waals surface area contributed by atoms with Crippen LogP contribution in [0.1, 0.15) is 23.6 Å². The molecule has 3 rings (SSSR count). The summed E-state index contributed by atoms with van der Waals surface area (Å²) < 4.78 is 0. The predicted octanol–water partition coefficient (Wildman–Crippen LogP) is 4.01. The van der Waals surface area contributed by atoms with Gasteiger partial charge >= 0.3 is 0 Å². The van der Waals surface area contributed by atoms with Crippen molar-refractivity contribution in [3.8, 4) is 5.75 Å². The fourth-order valence-corrected chi connectivity index (χ4v) is 3.07. The van der Waals surface area contributed by atoms with E-state index in [0.717, 1.165) is 22.4 Å². The molecule has 0 aliphatic carbocycles. The number of aromatic amines is 1. The van der Waals surface area contributed by atoms with Crippen LogP contribution in [0, 0.1) is 6.92 Å². The first-order valence-corrected chi connectivity index (χ1v) is 8.73. The predicted molar refractivity (Wildman–Crippen MR) is 98.4 cm³/mol. The minimum atomic E-state index is -0.105. The monoisotopic (exact) mass is 341 g/mol. The lowest BCUT2D eigenvalue weighted by Crippen LogP contribution is -2.14. The Morgan fingerprint density at radius 2 is 2.12 bits per heavy atom. The van der Waals surface area contributed by atoms with Crippen LogP contribution < -0.4 is 5.32 Å². The molecule has 3 aromatic rings. The van der Waals surface area contributed by atoms with E-state index in [0.29, 0.717) is 11.4 Å². The third kappa shape index (κ3) is 3.71. The zero-order chi connectivity index (χ0) is 17.1. The summed E-state index contributed by atoms with van der Waals surface area (Å²) in [6, 6.07) is 13.0. The van der Waals surface area contributed by atoms with E-state index in [1.165, 1.54) is 11.8 Å². The van der Waals surface area contributed by atoms with Crippen molar-refractivity contribution >= 4 is 34.4 Å². The number of fused-ring (bicyclic) bond motifs is 1. The maximum absolute atomic E-state index is 12.1. The summed E-state index contributed by atoms with van der Waals surface area (Å²) >= 11 is 1.51. The summed E-state index contributed by atoms with van der Waals surface area (Å²) in [7, 11) is 0. The third-order valence-corrected chi connectivity index (χ3v) is 4.90. The number of nitrogens with one attached hydrogen (secondary N) is 2. The van der Waals surface area contributed by atoms with Crippen LogP contribution in [-0.4, -0.2) is 26.7 Å². The van der Waals surface area contributed by atoms with Crippen molar-refractivity contribution in [3.63, 3.8) is 0 Å². The summed E-state index contributed by atoms with van der Waals surface area (Å²) in [6.45, 7) is 3.83. The van der Waals surface area contributed by atoms with Gasteiger partial charge in [0.25, 0.3) is 0 Å². The average molecular weight is 341 g/mol. The summed E-state index contributed by atoms with van der Waals surface area (Å²) in [5, 5.41) is 12.6. The third-order valence-electron chi connectivity index (χ3n) is 3.75. The van der Waals surface area contributed by atoms with Gasteiger partial charge < -0.3 is 15.4 Å². The van der Waals surface area contributed by atoms with E-state index >= 15 is 0 Å². The van der Waals surface area contributed by atoms with E-state index < -0.39 is 0 Å². The van der Waals surface area contributed by atoms with Crippen molar-refractivity contribution in [2.45, 2.75) is 19.1 Å². The molecule has 24 heavy (non-hydrogen) atoms. The van der Waals surface area contributed by atoms with Gasteiger partial charge in [-0.15, -0.1) is 11.8 Å². The second-order valence-electron chi connectivity index (χ2n) is 5.64. The van der Waals surface area contributed by atoms with E-state index in [4.69, 9.17) is 0 Å². The van der Waals surface area contributed by atoms with Gasteiger partial charge in [0.2, 0.25) is 5.91 Å². The zero-order valence-corrected chi connectivity index (χ0v) is 14.4. The van der Waals surface area contributed by atoms with Crippen LogP contribution >= 0.6 is 11.8 Å². The minimum absolute atomic E-state index is 0.0783. The van der Waals surface area contributed by atoms with E-state index in [1.807, 2.05) is 38.1 Å². The van der Waals surface area contributed by atoms with E-state index in [9.17, 15) is 9.90 Å². The number of benzene rings is 2. The van der Waals surface area contributed by atoms with Crippen molar-refractivity contribution in [2.75, 3.05) is 11.1 Å². The molecule has 5 nitrogen and oxygen atoms in total. The number of para-hydroxylation sites is 2. The Kier molecular flexibility index (Phi) is 4.76. The molecule has 0 aliphatic rings. The van der Waals surface area contributed by atoms with Gasteiger partial charge in [0.15, 0.2) is 0 Å². The number of hydrogen-bond donors (Lipinski definition) is 3. The fraction of sp³-hybridized carbons (Fsp3) is 0.222. The number of thioether (sulfide) groups is 1. The van der Waals surface area contributed by atoms with Gasteiger partial charge in [-0.1, -0.05) is 18.2 Å². The van der Waals surface area contributed by atoms with Gasteiger partial charge in [0.05, 0.1) is 22.0 Å². The molecule has 0 radical (unpaired) electrons. The van der Waals surface area contributed by atoms with E-state index in [1.54, 1.807) is 18.2 Å². The number of H-pyrrole nitrogens is 1. The molecule has 0 bridgehead atoms. The average Bonchev–Trinajstić information content (AvgIpc) is 3.00. The summed E-state index contributed by atoms with van der Waals surface area (Å²) in [5.41, 5.74) is 3.31. The van der Waals surface area contributed by atoms with Gasteiger partial charge in [-0.05, 0) is 37.6 Å². The largest absolute Gasteiger partial charge is 0.508 e. The highest BCUT2D eigenvalue weighted by molar-refractivity contribution is 8.00. The number of aromatic nitrogens is 2. The molecule has 1 aromatic heterocycles. The van der Waals surface area contributed by atoms with Crippen molar-refractivity contribution < 1.29 is 9.90 Å². The Bertz CT molecular complexity index is 843. The molecule has 1 atom stereocenters. The Balaban J connectivity index is 1.58. The number of aryl methyl sites for hydroxylation is 1. The van der Waals surface area contributed by atoms with Crippen LogP contribution in [0.2, 0.25) is 0 Å². The Morgan fingerprint density at radius 1 is 1.33 bits per heavy atom. The first-order valence-electron chi connectivity index (χ1n) is 7.68. The first kappa shape index (κ1) is 16.4. The summed E-state index contributed by atoms with van der Waals surface area (Å²) in [6.07, 6.45) is 0. The van der Waals surface area contributed by atoms with Crippen LogP contribution in [0.15, 0.2) is 42.5 Å². The molecule has 0 saturated carbocycles. The number of imidazole rings is 1. The van der Waals surface area contributed by atoms with Crippen molar-refractivity contribution in [1.82, 2.24) is 9.97 Å². The van der Waals surface area contributed by atoms with Crippen LogP contribution in [0.3, 0.4) is 0 Å². The second kappa shape index (κ2) is 6.97. The SMILES string of the molecule is Cc1ccc(NC(=O)CS[C@H](C)c2nc3ccccc3[nH]2)cc1O. The number of anilines is 1. The van der Waals surface area contributed by atoms with Crippen LogP contribution in [-0.2, 0) is 4.79 Å². The van der Waals surface area contributed by atoms with Crippen molar-refractivity contribution in [2.24, 2.45) is 0 Å². The molecular formula is C18H19N3O2S. The fourth-order valence-electron chi connectivity index (χ4n) is 2.33. The van der Waals surface area contributed by atoms with E-state index in [-0.39, 0.29) is 16.9 Å². The molecule has 1 amide bonds. The Morgan fingerprint density at radius 3 is 2.88 bits per heavy atom. The molecule has 0 fully saturated rings. The highest BCUT2D eigenvalue weighted by Gasteiger charge is 2.13. The number of rotatable bonds is 5. The number of amides is 1. The topological polar surface area (TPSA) is 78.0 Å². The molecule has 0 aliphatic heterocycles. The maximum atomic E-state index is 12.1. The summed E-state index contributed by atoms with van der Waals surface area (Å²) in [4.78, 5) is 19.9. The molecular weight excluding hydrogens is 322 g/mol. The number of phenolic OH excluding ortho intramolecular Hbond substituents is 1. The lowest BCUT2D eigenvalue weighted by molar-refractivity contribution is -0.113. The highest BCUT2D eigenvalue weighted by atomic mass is 32.2. The maximum Gasteiger partial charge on any atom is 0.234 e. The highest BCUT2D eigenvalue weighted by Crippen LogP contribution is 2.28. The van der Waals surface area contributed by atoms with Crippen molar-refractivity contribution in [3.05, 3.63) is 53.9 Å². The molecule has 0 unspecified atom stereocenters. The van der Waals surface area contributed by atoms with Gasteiger partial charge in [-0.2, -0.15) is 0 Å². The van der Waals surface area contributed by atoms with Gasteiger partial charge in [0, 0.05) is 11.8 Å². The first-order chi connectivity index (χ1) is 11.5. The van der Waals surface area contributed by atoms with Gasteiger partial charge in [0.1, 0.15) is 11.6 Å². The van der Waals surface area contributed by atoms with Gasteiger partial charge in [-0.25, -0.2) is 4.98 Å². The van der Waals surface area contributed by atoms with Crippen molar-refractivity contribution in [1.29, 1.82) is 0 Å². The summed E-state index contributed by atoms with van der Waals surface area (Å²) in [5.74, 6) is 1.25. The van der Waals surface area contributed by atoms with Gasteiger partial charge in [-0.3, -0.25) is 4.79 Å².